The molecule has 2 fully saturated rings. The van der Waals surface area contributed by atoms with Crippen LogP contribution in [0.15, 0.2) is 23.8 Å². The highest BCUT2D eigenvalue weighted by atomic mass is 16.6. The van der Waals surface area contributed by atoms with Gasteiger partial charge in [0.25, 0.3) is 0 Å². The van der Waals surface area contributed by atoms with E-state index in [2.05, 4.69) is 12.7 Å². The quantitative estimate of drug-likeness (QED) is 0.313. The summed E-state index contributed by atoms with van der Waals surface area (Å²) in [4.78, 5) is 11.7. The van der Waals surface area contributed by atoms with Crippen LogP contribution in [0.2, 0.25) is 0 Å². The highest BCUT2D eigenvalue weighted by Crippen LogP contribution is 2.48. The summed E-state index contributed by atoms with van der Waals surface area (Å²) in [6.45, 7) is 7.84. The summed E-state index contributed by atoms with van der Waals surface area (Å²) in [6, 6.07) is 0. The molecule has 0 spiro atoms. The van der Waals surface area contributed by atoms with Crippen molar-refractivity contribution in [3.8, 4) is 0 Å². The van der Waals surface area contributed by atoms with Gasteiger partial charge in [-0.1, -0.05) is 18.2 Å². The van der Waals surface area contributed by atoms with Crippen molar-refractivity contribution in [2.45, 2.75) is 57.0 Å². The number of epoxide rings is 1. The van der Waals surface area contributed by atoms with Gasteiger partial charge in [-0.3, -0.25) is 0 Å². The van der Waals surface area contributed by atoms with E-state index in [4.69, 9.17) is 9.47 Å². The first-order valence-electron chi connectivity index (χ1n) is 6.84. The summed E-state index contributed by atoms with van der Waals surface area (Å²) < 4.78 is 11.0. The smallest absolute Gasteiger partial charge is 0.334 e. The van der Waals surface area contributed by atoms with E-state index >= 15 is 0 Å². The molecule has 1 N–H and O–H groups in total. The van der Waals surface area contributed by atoms with Crippen LogP contribution in [-0.2, 0) is 14.3 Å². The molecule has 0 amide bonds. The Kier molecular flexibility index (Phi) is 2.84. The summed E-state index contributed by atoms with van der Waals surface area (Å²) in [5.74, 6) is -0.732. The third kappa shape index (κ3) is 2.03. The van der Waals surface area contributed by atoms with E-state index in [-0.39, 0.29) is 29.7 Å². The summed E-state index contributed by atoms with van der Waals surface area (Å²) in [7, 11) is 0. The zero-order valence-electron chi connectivity index (χ0n) is 11.4. The molecule has 0 saturated carbocycles. The van der Waals surface area contributed by atoms with E-state index in [0.29, 0.717) is 12.0 Å². The number of aliphatic hydroxyl groups is 1. The van der Waals surface area contributed by atoms with E-state index in [1.54, 1.807) is 0 Å². The van der Waals surface area contributed by atoms with Crippen LogP contribution in [0.1, 0.15) is 33.1 Å². The number of aliphatic hydroxyl groups excluding tert-OH is 1. The number of hydrogen-bond acceptors (Lipinski definition) is 4. The molecule has 0 unspecified atom stereocenters. The largest absolute Gasteiger partial charge is 0.458 e. The number of ether oxygens (including phenoxy) is 2. The Labute approximate surface area is 113 Å². The fourth-order valence-electron chi connectivity index (χ4n) is 3.32. The minimum absolute atomic E-state index is 0.210. The van der Waals surface area contributed by atoms with Gasteiger partial charge in [0, 0.05) is 12.0 Å². The molecule has 0 radical (unpaired) electrons. The first-order chi connectivity index (χ1) is 8.92. The second-order valence-electron chi connectivity index (χ2n) is 6.13. The van der Waals surface area contributed by atoms with Gasteiger partial charge in [-0.25, -0.2) is 4.79 Å². The summed E-state index contributed by atoms with van der Waals surface area (Å²) >= 11 is 0. The average Bonchev–Trinajstić information content (AvgIpc) is 2.92. The number of allylic oxidation sites excluding steroid dienone is 1. The van der Waals surface area contributed by atoms with Gasteiger partial charge in [0.2, 0.25) is 0 Å². The molecule has 3 rings (SSSR count). The molecule has 2 saturated heterocycles. The first kappa shape index (κ1) is 12.9. The van der Waals surface area contributed by atoms with Gasteiger partial charge in [-0.05, 0) is 26.7 Å². The van der Waals surface area contributed by atoms with Crippen LogP contribution < -0.4 is 0 Å². The second kappa shape index (κ2) is 4.18. The zero-order chi connectivity index (χ0) is 13.8. The lowest BCUT2D eigenvalue weighted by atomic mass is 9.82. The van der Waals surface area contributed by atoms with E-state index in [9.17, 15) is 9.90 Å². The number of rotatable bonds is 0. The molecule has 5 atom stereocenters. The monoisotopic (exact) mass is 264 g/mol. The Morgan fingerprint density at radius 2 is 2.26 bits per heavy atom. The molecule has 0 aromatic rings. The maximum absolute atomic E-state index is 11.7. The number of fused-ring (bicyclic) bond motifs is 2. The van der Waals surface area contributed by atoms with E-state index in [0.717, 1.165) is 12.8 Å². The molecule has 2 aliphatic heterocycles. The Hall–Kier alpha value is -1.13. The predicted octanol–water partition coefficient (Wildman–Crippen LogP) is 1.73. The Balaban J connectivity index is 1.92. The fourth-order valence-corrected chi connectivity index (χ4v) is 3.32. The van der Waals surface area contributed by atoms with Crippen molar-refractivity contribution in [3.05, 3.63) is 23.8 Å². The van der Waals surface area contributed by atoms with Crippen molar-refractivity contribution in [1.29, 1.82) is 0 Å². The lowest BCUT2D eigenvalue weighted by Gasteiger charge is -2.24. The Morgan fingerprint density at radius 1 is 1.53 bits per heavy atom. The van der Waals surface area contributed by atoms with Gasteiger partial charge in [-0.15, -0.1) is 0 Å². The standard InChI is InChI=1S/C15H20O4/c1-8-5-4-6-15(3)13(19-15)12(16)11-9(2)14(17)18-10(11)7-8/h5,10-13,16H,2,4,6-7H2,1,3H3/b8-5+/t10-,11+,12+,13-,15+/m1/s1. The summed E-state index contributed by atoms with van der Waals surface area (Å²) in [5.41, 5.74) is 1.29. The van der Waals surface area contributed by atoms with Gasteiger partial charge >= 0.3 is 5.97 Å². The molecule has 19 heavy (non-hydrogen) atoms. The number of carbonyl (C=O) groups excluding carboxylic acids is 1. The Morgan fingerprint density at radius 3 is 3.00 bits per heavy atom. The fraction of sp³-hybridized carbons (Fsp3) is 0.667. The van der Waals surface area contributed by atoms with Gasteiger partial charge in [0.05, 0.1) is 17.6 Å². The van der Waals surface area contributed by atoms with Crippen molar-refractivity contribution in [1.82, 2.24) is 0 Å². The minimum Gasteiger partial charge on any atom is -0.458 e. The third-order valence-corrected chi connectivity index (χ3v) is 4.60. The van der Waals surface area contributed by atoms with Crippen molar-refractivity contribution < 1.29 is 19.4 Å². The van der Waals surface area contributed by atoms with E-state index in [1.807, 2.05) is 13.8 Å². The SMILES string of the molecule is C=C1C(=O)O[C@@H]2C/C(C)=C/CC[C@]3(C)O[C@@H]3[C@@H](O)[C@@H]12. The number of esters is 1. The molecule has 104 valence electrons. The van der Waals surface area contributed by atoms with Crippen LogP contribution in [0.25, 0.3) is 0 Å². The van der Waals surface area contributed by atoms with E-state index < -0.39 is 6.10 Å². The second-order valence-corrected chi connectivity index (χ2v) is 6.13. The number of hydrogen-bond donors (Lipinski definition) is 1. The normalized spacial score (nSPS) is 48.7. The van der Waals surface area contributed by atoms with Gasteiger partial charge < -0.3 is 14.6 Å². The first-order valence-corrected chi connectivity index (χ1v) is 6.84. The molecule has 0 aromatic carbocycles. The average molecular weight is 264 g/mol. The van der Waals surface area contributed by atoms with E-state index in [1.165, 1.54) is 5.57 Å². The van der Waals surface area contributed by atoms with Crippen molar-refractivity contribution >= 4 is 5.97 Å². The van der Waals surface area contributed by atoms with Crippen molar-refractivity contribution in [2.75, 3.05) is 0 Å². The molecular formula is C15H20O4. The van der Waals surface area contributed by atoms with Gasteiger partial charge in [0.1, 0.15) is 12.2 Å². The summed E-state index contributed by atoms with van der Waals surface area (Å²) in [5, 5.41) is 10.5. The topological polar surface area (TPSA) is 59.1 Å². The van der Waals surface area contributed by atoms with Gasteiger partial charge in [-0.2, -0.15) is 0 Å². The third-order valence-electron chi connectivity index (χ3n) is 4.60. The molecule has 1 aliphatic carbocycles. The highest BCUT2D eigenvalue weighted by Gasteiger charge is 2.60. The number of carbonyl (C=O) groups is 1. The summed E-state index contributed by atoms with van der Waals surface area (Å²) in [6.07, 6.45) is 3.43. The minimum atomic E-state index is -0.708. The molecule has 4 nitrogen and oxygen atoms in total. The van der Waals surface area contributed by atoms with Crippen molar-refractivity contribution in [3.63, 3.8) is 0 Å². The van der Waals surface area contributed by atoms with Crippen molar-refractivity contribution in [2.24, 2.45) is 5.92 Å². The van der Waals surface area contributed by atoms with Crippen LogP contribution in [0.4, 0.5) is 0 Å². The maximum Gasteiger partial charge on any atom is 0.334 e. The van der Waals surface area contributed by atoms with Gasteiger partial charge in [0.15, 0.2) is 0 Å². The predicted molar refractivity (Wildman–Crippen MR) is 69.4 cm³/mol. The molecule has 2 heterocycles. The molecule has 4 heteroatoms. The van der Waals surface area contributed by atoms with Crippen LogP contribution in [0.5, 0.6) is 0 Å². The molecule has 3 aliphatic rings. The van der Waals surface area contributed by atoms with Crippen LogP contribution in [-0.4, -0.2) is 35.0 Å². The lowest BCUT2D eigenvalue weighted by molar-refractivity contribution is -0.139. The highest BCUT2D eigenvalue weighted by molar-refractivity contribution is 5.91. The van der Waals surface area contributed by atoms with Crippen LogP contribution >= 0.6 is 0 Å². The molecule has 0 aromatic heterocycles. The Bertz CT molecular complexity index is 467. The lowest BCUT2D eigenvalue weighted by Crippen LogP contribution is -2.36. The molecular weight excluding hydrogens is 244 g/mol. The molecule has 0 bridgehead atoms. The maximum atomic E-state index is 11.7. The zero-order valence-corrected chi connectivity index (χ0v) is 11.4. The van der Waals surface area contributed by atoms with Crippen LogP contribution in [0, 0.1) is 5.92 Å². The van der Waals surface area contributed by atoms with Crippen LogP contribution in [0.3, 0.4) is 0 Å².